The standard InChI is InChI=1S/C16H16N2O5/c1-10(2)14-8-7-13(16(20)21)15(19)17(14)9-11-3-5-12(6-4-11)18(22)23/h3-8,10H,9H2,1-2H3,(H,20,21). The quantitative estimate of drug-likeness (QED) is 0.674. The third-order valence-electron chi connectivity index (χ3n) is 3.52. The summed E-state index contributed by atoms with van der Waals surface area (Å²) >= 11 is 0. The van der Waals surface area contributed by atoms with E-state index in [1.807, 2.05) is 13.8 Å². The zero-order valence-corrected chi connectivity index (χ0v) is 12.7. The number of carbonyl (C=O) groups is 1. The minimum Gasteiger partial charge on any atom is -0.477 e. The second-order valence-corrected chi connectivity index (χ2v) is 5.45. The highest BCUT2D eigenvalue weighted by Gasteiger charge is 2.16. The Morgan fingerprint density at radius 3 is 2.30 bits per heavy atom. The zero-order valence-electron chi connectivity index (χ0n) is 12.7. The van der Waals surface area contributed by atoms with Crippen LogP contribution >= 0.6 is 0 Å². The van der Waals surface area contributed by atoms with E-state index in [0.717, 1.165) is 0 Å². The third-order valence-corrected chi connectivity index (χ3v) is 3.52. The van der Waals surface area contributed by atoms with Crippen molar-refractivity contribution in [1.82, 2.24) is 4.57 Å². The molecule has 0 amide bonds. The molecule has 7 nitrogen and oxygen atoms in total. The van der Waals surface area contributed by atoms with Gasteiger partial charge in [-0.25, -0.2) is 4.79 Å². The van der Waals surface area contributed by atoms with Gasteiger partial charge in [0.2, 0.25) is 0 Å². The first-order valence-corrected chi connectivity index (χ1v) is 7.01. The summed E-state index contributed by atoms with van der Waals surface area (Å²) in [4.78, 5) is 33.7. The fourth-order valence-corrected chi connectivity index (χ4v) is 2.33. The van der Waals surface area contributed by atoms with Crippen molar-refractivity contribution in [3.8, 4) is 0 Å². The molecule has 0 radical (unpaired) electrons. The molecular weight excluding hydrogens is 300 g/mol. The Balaban J connectivity index is 2.48. The molecule has 0 atom stereocenters. The molecule has 0 bridgehead atoms. The first kappa shape index (κ1) is 16.4. The number of hydrogen-bond acceptors (Lipinski definition) is 4. The van der Waals surface area contributed by atoms with Crippen LogP contribution in [0, 0.1) is 10.1 Å². The number of aromatic nitrogens is 1. The topological polar surface area (TPSA) is 102 Å². The Kier molecular flexibility index (Phi) is 4.59. The Hall–Kier alpha value is -2.96. The van der Waals surface area contributed by atoms with E-state index in [9.17, 15) is 19.7 Å². The zero-order chi connectivity index (χ0) is 17.1. The SMILES string of the molecule is CC(C)c1ccc(C(=O)O)c(=O)n1Cc1ccc([N+](=O)[O-])cc1. The van der Waals surface area contributed by atoms with Gasteiger partial charge in [0.15, 0.2) is 0 Å². The Labute approximate surface area is 132 Å². The van der Waals surface area contributed by atoms with Gasteiger partial charge in [-0.15, -0.1) is 0 Å². The molecule has 7 heteroatoms. The lowest BCUT2D eigenvalue weighted by atomic mass is 10.1. The van der Waals surface area contributed by atoms with Crippen molar-refractivity contribution in [2.45, 2.75) is 26.3 Å². The van der Waals surface area contributed by atoms with Crippen LogP contribution in [0.3, 0.4) is 0 Å². The van der Waals surface area contributed by atoms with E-state index in [4.69, 9.17) is 5.11 Å². The van der Waals surface area contributed by atoms with Gasteiger partial charge in [0.25, 0.3) is 11.2 Å². The lowest BCUT2D eigenvalue weighted by Gasteiger charge is -2.16. The largest absolute Gasteiger partial charge is 0.477 e. The average molecular weight is 316 g/mol. The number of benzene rings is 1. The maximum Gasteiger partial charge on any atom is 0.341 e. The van der Waals surface area contributed by atoms with Gasteiger partial charge in [-0.3, -0.25) is 14.9 Å². The van der Waals surface area contributed by atoms with Crippen molar-refractivity contribution in [3.63, 3.8) is 0 Å². The molecule has 0 saturated carbocycles. The van der Waals surface area contributed by atoms with Crippen LogP contribution in [0.25, 0.3) is 0 Å². The van der Waals surface area contributed by atoms with Crippen molar-refractivity contribution in [2.24, 2.45) is 0 Å². The Bertz CT molecular complexity index is 806. The number of pyridine rings is 1. The number of rotatable bonds is 5. The maximum atomic E-state index is 12.4. The highest BCUT2D eigenvalue weighted by atomic mass is 16.6. The van der Waals surface area contributed by atoms with Crippen LogP contribution in [0.4, 0.5) is 5.69 Å². The van der Waals surface area contributed by atoms with E-state index in [2.05, 4.69) is 0 Å². The first-order valence-electron chi connectivity index (χ1n) is 7.01. The summed E-state index contributed by atoms with van der Waals surface area (Å²) < 4.78 is 1.40. The molecular formula is C16H16N2O5. The molecule has 0 saturated heterocycles. The molecule has 1 aromatic heterocycles. The maximum absolute atomic E-state index is 12.4. The number of nitro benzene ring substituents is 1. The van der Waals surface area contributed by atoms with Gasteiger partial charge < -0.3 is 9.67 Å². The molecule has 1 aromatic carbocycles. The van der Waals surface area contributed by atoms with E-state index in [0.29, 0.717) is 11.3 Å². The fourth-order valence-electron chi connectivity index (χ4n) is 2.33. The van der Waals surface area contributed by atoms with Crippen LogP contribution in [0.2, 0.25) is 0 Å². The number of carboxylic acids is 1. The van der Waals surface area contributed by atoms with Gasteiger partial charge in [0.05, 0.1) is 11.5 Å². The summed E-state index contributed by atoms with van der Waals surface area (Å²) in [5.74, 6) is -1.24. The molecule has 1 heterocycles. The molecule has 0 aliphatic carbocycles. The first-order chi connectivity index (χ1) is 10.8. The molecule has 0 aliphatic rings. The van der Waals surface area contributed by atoms with Gasteiger partial charge in [-0.1, -0.05) is 26.0 Å². The van der Waals surface area contributed by atoms with E-state index >= 15 is 0 Å². The predicted octanol–water partition coefficient (Wildman–Crippen LogP) is 2.63. The van der Waals surface area contributed by atoms with E-state index < -0.39 is 16.5 Å². The molecule has 23 heavy (non-hydrogen) atoms. The van der Waals surface area contributed by atoms with Crippen molar-refractivity contribution >= 4 is 11.7 Å². The summed E-state index contributed by atoms with van der Waals surface area (Å²) in [6.07, 6.45) is 0. The summed E-state index contributed by atoms with van der Waals surface area (Å²) in [5.41, 5.74) is 0.475. The van der Waals surface area contributed by atoms with E-state index in [1.165, 1.54) is 22.8 Å². The number of carboxylic acid groups (broad SMARTS) is 1. The van der Waals surface area contributed by atoms with Crippen molar-refractivity contribution < 1.29 is 14.8 Å². The van der Waals surface area contributed by atoms with Gasteiger partial charge >= 0.3 is 5.97 Å². The van der Waals surface area contributed by atoms with Crippen molar-refractivity contribution in [2.75, 3.05) is 0 Å². The van der Waals surface area contributed by atoms with Gasteiger partial charge in [0, 0.05) is 17.8 Å². The predicted molar refractivity (Wildman–Crippen MR) is 83.9 cm³/mol. The summed E-state index contributed by atoms with van der Waals surface area (Å²) in [6.45, 7) is 3.97. The molecule has 2 rings (SSSR count). The van der Waals surface area contributed by atoms with Gasteiger partial charge in [-0.2, -0.15) is 0 Å². The smallest absolute Gasteiger partial charge is 0.341 e. The van der Waals surface area contributed by atoms with E-state index in [-0.39, 0.29) is 23.7 Å². The van der Waals surface area contributed by atoms with Crippen LogP contribution in [-0.2, 0) is 6.54 Å². The highest BCUT2D eigenvalue weighted by molar-refractivity contribution is 5.87. The lowest BCUT2D eigenvalue weighted by Crippen LogP contribution is -2.29. The summed E-state index contributed by atoms with van der Waals surface area (Å²) in [6, 6.07) is 8.77. The number of nitrogens with zero attached hydrogens (tertiary/aromatic N) is 2. The van der Waals surface area contributed by atoms with Crippen molar-refractivity contribution in [3.05, 3.63) is 73.7 Å². The number of aromatic carboxylic acids is 1. The molecule has 2 aromatic rings. The molecule has 0 fully saturated rings. The number of hydrogen-bond donors (Lipinski definition) is 1. The summed E-state index contributed by atoms with van der Waals surface area (Å²) in [5, 5.41) is 19.8. The number of non-ortho nitro benzene ring substituents is 1. The molecule has 0 spiro atoms. The van der Waals surface area contributed by atoms with Crippen LogP contribution in [0.1, 0.15) is 41.4 Å². The molecule has 0 aliphatic heterocycles. The average Bonchev–Trinajstić information content (AvgIpc) is 2.49. The minimum absolute atomic E-state index is 0.0311. The van der Waals surface area contributed by atoms with Gasteiger partial charge in [0.1, 0.15) is 5.56 Å². The molecule has 0 unspecified atom stereocenters. The van der Waals surface area contributed by atoms with Crippen LogP contribution in [-0.4, -0.2) is 20.6 Å². The van der Waals surface area contributed by atoms with Crippen LogP contribution < -0.4 is 5.56 Å². The van der Waals surface area contributed by atoms with Crippen LogP contribution in [0.15, 0.2) is 41.2 Å². The summed E-state index contributed by atoms with van der Waals surface area (Å²) in [7, 11) is 0. The number of nitro groups is 1. The third kappa shape index (κ3) is 3.45. The van der Waals surface area contributed by atoms with Gasteiger partial charge in [-0.05, 0) is 23.6 Å². The molecule has 1 N–H and O–H groups in total. The Morgan fingerprint density at radius 2 is 1.83 bits per heavy atom. The van der Waals surface area contributed by atoms with E-state index in [1.54, 1.807) is 18.2 Å². The highest BCUT2D eigenvalue weighted by Crippen LogP contribution is 2.17. The fraction of sp³-hybridized carbons (Fsp3) is 0.250. The lowest BCUT2D eigenvalue weighted by molar-refractivity contribution is -0.384. The second kappa shape index (κ2) is 6.43. The Morgan fingerprint density at radius 1 is 1.22 bits per heavy atom. The minimum atomic E-state index is -1.28. The normalized spacial score (nSPS) is 10.7. The van der Waals surface area contributed by atoms with Crippen molar-refractivity contribution in [1.29, 1.82) is 0 Å². The van der Waals surface area contributed by atoms with Crippen LogP contribution in [0.5, 0.6) is 0 Å². The second-order valence-electron chi connectivity index (χ2n) is 5.45. The monoisotopic (exact) mass is 316 g/mol. The molecule has 120 valence electrons.